The van der Waals surface area contributed by atoms with Crippen LogP contribution in [0.25, 0.3) is 55.3 Å². The van der Waals surface area contributed by atoms with Gasteiger partial charge in [-0.2, -0.15) is 0 Å². The lowest BCUT2D eigenvalue weighted by molar-refractivity contribution is 0.726. The Kier molecular flexibility index (Phi) is 11.5. The molecule has 11 aromatic rings. The number of allylic oxidation sites excluding steroid dienone is 3. The van der Waals surface area contributed by atoms with Crippen molar-refractivity contribution in [3.63, 3.8) is 0 Å². The number of benzene rings is 11. The SMILES string of the molecule is CC1C=C(N(c2ccccc2)c2ccc(-c3cc4c(cc3N(c3ccc(-c5ccccc5)cc3)c3ccc(-c5cccc6ccccc56)cc3)C(c3ccccc3)(c3ccccc3)c3ccccc3-4)cc2)C=CC1. The molecule has 0 saturated carbocycles. The van der Waals surface area contributed by atoms with Crippen LogP contribution in [0.1, 0.15) is 35.6 Å². The highest BCUT2D eigenvalue weighted by atomic mass is 15.2. The summed E-state index contributed by atoms with van der Waals surface area (Å²) >= 11 is 0. The van der Waals surface area contributed by atoms with Crippen molar-refractivity contribution >= 4 is 39.2 Å². The monoisotopic (exact) mass is 946 g/mol. The summed E-state index contributed by atoms with van der Waals surface area (Å²) in [5.41, 5.74) is 20.6. The van der Waals surface area contributed by atoms with E-state index >= 15 is 0 Å². The van der Waals surface area contributed by atoms with Crippen molar-refractivity contribution in [3.8, 4) is 44.5 Å². The topological polar surface area (TPSA) is 6.48 Å². The van der Waals surface area contributed by atoms with Crippen LogP contribution in [0.3, 0.4) is 0 Å². The Hall–Kier alpha value is -9.24. The molecule has 0 saturated heterocycles. The van der Waals surface area contributed by atoms with Gasteiger partial charge in [-0.3, -0.25) is 0 Å². The molecule has 0 aliphatic heterocycles. The fourth-order valence-electron chi connectivity index (χ4n) is 11.8. The van der Waals surface area contributed by atoms with Crippen LogP contribution >= 0.6 is 0 Å². The minimum absolute atomic E-state index is 0.449. The summed E-state index contributed by atoms with van der Waals surface area (Å²) in [5.74, 6) is 0.449. The number of fused-ring (bicyclic) bond motifs is 4. The molecule has 74 heavy (non-hydrogen) atoms. The average molecular weight is 947 g/mol. The zero-order valence-electron chi connectivity index (χ0n) is 41.4. The van der Waals surface area contributed by atoms with E-state index < -0.39 is 5.41 Å². The van der Waals surface area contributed by atoms with Crippen LogP contribution in [0, 0.1) is 5.92 Å². The molecule has 0 bridgehead atoms. The third-order valence-electron chi connectivity index (χ3n) is 15.2. The van der Waals surface area contributed by atoms with Crippen molar-refractivity contribution in [2.45, 2.75) is 18.8 Å². The molecule has 1 unspecified atom stereocenters. The summed E-state index contributed by atoms with van der Waals surface area (Å²) in [6.07, 6.45) is 8.02. The third kappa shape index (κ3) is 7.84. The van der Waals surface area contributed by atoms with Crippen molar-refractivity contribution < 1.29 is 0 Å². The average Bonchev–Trinajstić information content (AvgIpc) is 3.78. The zero-order valence-corrected chi connectivity index (χ0v) is 41.4. The molecule has 0 N–H and O–H groups in total. The molecule has 0 amide bonds. The van der Waals surface area contributed by atoms with Gasteiger partial charge in [0.05, 0.1) is 11.1 Å². The summed E-state index contributed by atoms with van der Waals surface area (Å²) in [5, 5.41) is 2.48. The van der Waals surface area contributed by atoms with Crippen molar-refractivity contribution in [2.75, 3.05) is 9.80 Å². The predicted molar refractivity (Wildman–Crippen MR) is 312 cm³/mol. The van der Waals surface area contributed by atoms with E-state index in [1.165, 1.54) is 72.1 Å². The first-order chi connectivity index (χ1) is 36.6. The van der Waals surface area contributed by atoms with Gasteiger partial charge in [0.25, 0.3) is 0 Å². The van der Waals surface area contributed by atoms with E-state index in [0.29, 0.717) is 5.92 Å². The van der Waals surface area contributed by atoms with E-state index in [2.05, 4.69) is 308 Å². The van der Waals surface area contributed by atoms with Crippen molar-refractivity contribution in [1.29, 1.82) is 0 Å². The normalized spacial score (nSPS) is 14.2. The van der Waals surface area contributed by atoms with Gasteiger partial charge in [0.2, 0.25) is 0 Å². The second-order valence-corrected chi connectivity index (χ2v) is 19.7. The molecule has 2 nitrogen and oxygen atoms in total. The minimum Gasteiger partial charge on any atom is -0.311 e. The van der Waals surface area contributed by atoms with Gasteiger partial charge in [-0.1, -0.05) is 231 Å². The Morgan fingerprint density at radius 2 is 0.851 bits per heavy atom. The number of hydrogen-bond donors (Lipinski definition) is 0. The Morgan fingerprint density at radius 3 is 1.50 bits per heavy atom. The van der Waals surface area contributed by atoms with Gasteiger partial charge in [-0.05, 0) is 151 Å². The molecule has 0 heterocycles. The Labute approximate surface area is 435 Å². The van der Waals surface area contributed by atoms with E-state index in [4.69, 9.17) is 0 Å². The second-order valence-electron chi connectivity index (χ2n) is 19.7. The molecular weight excluding hydrogens is 893 g/mol. The number of para-hydroxylation sites is 1. The minimum atomic E-state index is -0.596. The molecule has 13 rings (SSSR count). The van der Waals surface area contributed by atoms with Crippen LogP contribution in [0.5, 0.6) is 0 Å². The lowest BCUT2D eigenvalue weighted by Gasteiger charge is -2.35. The highest BCUT2D eigenvalue weighted by molar-refractivity contribution is 5.99. The largest absolute Gasteiger partial charge is 0.311 e. The Bertz CT molecular complexity index is 3800. The van der Waals surface area contributed by atoms with E-state index in [0.717, 1.165) is 46.0 Å². The summed E-state index contributed by atoms with van der Waals surface area (Å²) in [6, 6.07) is 101. The van der Waals surface area contributed by atoms with Gasteiger partial charge in [0.1, 0.15) is 0 Å². The van der Waals surface area contributed by atoms with Crippen LogP contribution in [-0.4, -0.2) is 0 Å². The van der Waals surface area contributed by atoms with Crippen molar-refractivity contribution in [3.05, 3.63) is 319 Å². The van der Waals surface area contributed by atoms with Crippen LogP contribution in [0.2, 0.25) is 0 Å². The molecule has 1 atom stereocenters. The molecule has 0 fully saturated rings. The van der Waals surface area contributed by atoms with Gasteiger partial charge in [0, 0.05) is 34.0 Å². The zero-order chi connectivity index (χ0) is 49.4. The fourth-order valence-corrected chi connectivity index (χ4v) is 11.8. The predicted octanol–water partition coefficient (Wildman–Crippen LogP) is 19.3. The van der Waals surface area contributed by atoms with E-state index in [1.54, 1.807) is 0 Å². The Morgan fingerprint density at radius 1 is 0.365 bits per heavy atom. The summed E-state index contributed by atoms with van der Waals surface area (Å²) in [7, 11) is 0. The van der Waals surface area contributed by atoms with Crippen LogP contribution in [0.4, 0.5) is 28.4 Å². The van der Waals surface area contributed by atoms with E-state index in [-0.39, 0.29) is 0 Å². The van der Waals surface area contributed by atoms with Crippen LogP contribution in [-0.2, 0) is 5.41 Å². The quantitative estimate of drug-likeness (QED) is 0.127. The molecular formula is C72H54N2. The third-order valence-corrected chi connectivity index (χ3v) is 15.2. The molecule has 0 spiro atoms. The van der Waals surface area contributed by atoms with E-state index in [1.807, 2.05) is 0 Å². The summed E-state index contributed by atoms with van der Waals surface area (Å²) in [4.78, 5) is 4.88. The van der Waals surface area contributed by atoms with Gasteiger partial charge < -0.3 is 9.80 Å². The van der Waals surface area contributed by atoms with Crippen molar-refractivity contribution in [2.24, 2.45) is 5.92 Å². The van der Waals surface area contributed by atoms with Gasteiger partial charge in [-0.25, -0.2) is 0 Å². The number of rotatable bonds is 11. The first kappa shape index (κ1) is 44.7. The highest BCUT2D eigenvalue weighted by Gasteiger charge is 2.47. The molecule has 0 aromatic heterocycles. The number of nitrogens with zero attached hydrogens (tertiary/aromatic N) is 2. The van der Waals surface area contributed by atoms with Gasteiger partial charge in [0.15, 0.2) is 0 Å². The van der Waals surface area contributed by atoms with Crippen LogP contribution < -0.4 is 9.80 Å². The number of hydrogen-bond acceptors (Lipinski definition) is 2. The van der Waals surface area contributed by atoms with E-state index in [9.17, 15) is 0 Å². The smallest absolute Gasteiger partial charge is 0.0714 e. The van der Waals surface area contributed by atoms with Crippen molar-refractivity contribution in [1.82, 2.24) is 0 Å². The molecule has 2 aliphatic rings. The number of anilines is 5. The second kappa shape index (κ2) is 19.1. The molecule has 2 heteroatoms. The molecule has 2 aliphatic carbocycles. The first-order valence-corrected chi connectivity index (χ1v) is 25.9. The maximum atomic E-state index is 2.53. The Balaban J connectivity index is 1.07. The van der Waals surface area contributed by atoms with Crippen LogP contribution in [0.15, 0.2) is 297 Å². The van der Waals surface area contributed by atoms with Gasteiger partial charge >= 0.3 is 0 Å². The molecule has 0 radical (unpaired) electrons. The summed E-state index contributed by atoms with van der Waals surface area (Å²) in [6.45, 7) is 2.30. The van der Waals surface area contributed by atoms with Gasteiger partial charge in [-0.15, -0.1) is 0 Å². The standard InChI is InChI=1S/C72H54N2/c1-51-20-18-31-63(48-51)73(59-29-12-5-13-30-59)60-44-40-56(41-45-60)67-49-68-66-33-16-17-35-69(66)72(57-25-8-3-9-26-57,58-27-10-4-11-28-58)70(68)50-71(67)74(61-42-36-53(37-43-61)52-21-6-2-7-22-52)62-46-38-55(39-47-62)65-34-19-24-54-23-14-15-32-64(54)65/h2-19,21-51H,20H2,1H3. The lowest BCUT2D eigenvalue weighted by Crippen LogP contribution is -2.28. The lowest BCUT2D eigenvalue weighted by atomic mass is 9.67. The first-order valence-electron chi connectivity index (χ1n) is 25.9. The maximum absolute atomic E-state index is 2.53. The molecule has 11 aromatic carbocycles. The maximum Gasteiger partial charge on any atom is 0.0714 e. The highest BCUT2D eigenvalue weighted by Crippen LogP contribution is 2.59. The summed E-state index contributed by atoms with van der Waals surface area (Å²) < 4.78 is 0. The fraction of sp³-hybridized carbons (Fsp3) is 0.0556. The molecule has 352 valence electrons.